The topological polar surface area (TPSA) is 26.5 Å². The average Bonchev–Trinajstić information content (AvgIpc) is 3.05. The first kappa shape index (κ1) is 18.5. The van der Waals surface area contributed by atoms with Crippen LogP contribution in [0.1, 0.15) is 32.3 Å². The summed E-state index contributed by atoms with van der Waals surface area (Å²) in [4.78, 5) is 5.92. The van der Waals surface area contributed by atoms with Gasteiger partial charge in [-0.15, -0.1) is 11.3 Å². The minimum Gasteiger partial charge on any atom is -0.494 e. The van der Waals surface area contributed by atoms with Crippen molar-refractivity contribution in [1.82, 2.24) is 4.57 Å². The van der Waals surface area contributed by atoms with Crippen molar-refractivity contribution in [3.63, 3.8) is 0 Å². The van der Waals surface area contributed by atoms with Crippen LogP contribution in [-0.4, -0.2) is 11.2 Å². The van der Waals surface area contributed by atoms with Crippen molar-refractivity contribution in [1.29, 1.82) is 0 Å². The number of hydrogen-bond donors (Lipinski definition) is 0. The lowest BCUT2D eigenvalue weighted by atomic mass is 10.1. The summed E-state index contributed by atoms with van der Waals surface area (Å²) in [5, 5.41) is 2.22. The van der Waals surface area contributed by atoms with E-state index in [1.165, 1.54) is 23.2 Å². The number of hydrogen-bond acceptors (Lipinski definition) is 3. The molecule has 0 bridgehead atoms. The van der Waals surface area contributed by atoms with E-state index in [1.807, 2.05) is 31.2 Å². The Morgan fingerprint density at radius 2 is 1.73 bits per heavy atom. The van der Waals surface area contributed by atoms with Crippen LogP contribution in [0, 0.1) is 6.92 Å². The monoisotopic (exact) mass is 366 g/mol. The van der Waals surface area contributed by atoms with E-state index in [-0.39, 0.29) is 0 Å². The molecule has 0 amide bonds. The Morgan fingerprint density at radius 3 is 2.38 bits per heavy atom. The summed E-state index contributed by atoms with van der Waals surface area (Å²) in [6, 6.07) is 16.7. The number of aryl methyl sites for hydroxylation is 1. The molecule has 0 fully saturated rings. The quantitative estimate of drug-likeness (QED) is 0.507. The van der Waals surface area contributed by atoms with Crippen LogP contribution in [0.15, 0.2) is 58.9 Å². The Morgan fingerprint density at radius 1 is 1.00 bits per heavy atom. The van der Waals surface area contributed by atoms with Crippen molar-refractivity contribution in [2.45, 2.75) is 40.2 Å². The molecule has 2 aromatic carbocycles. The fourth-order valence-electron chi connectivity index (χ4n) is 2.80. The Bertz CT molecular complexity index is 889. The third kappa shape index (κ3) is 4.44. The summed E-state index contributed by atoms with van der Waals surface area (Å²) in [6.45, 7) is 8.00. The lowest BCUT2D eigenvalue weighted by Crippen LogP contribution is -2.15. The maximum absolute atomic E-state index is 5.52. The second kappa shape index (κ2) is 8.86. The van der Waals surface area contributed by atoms with E-state index in [9.17, 15) is 0 Å². The zero-order valence-corrected chi connectivity index (χ0v) is 16.6. The van der Waals surface area contributed by atoms with Crippen LogP contribution in [0.4, 0.5) is 5.69 Å². The zero-order valence-electron chi connectivity index (χ0n) is 15.7. The van der Waals surface area contributed by atoms with Gasteiger partial charge in [-0.3, -0.25) is 0 Å². The molecule has 0 atom stereocenters. The molecule has 0 aliphatic rings. The minimum atomic E-state index is 0.679. The molecule has 0 aliphatic heterocycles. The van der Waals surface area contributed by atoms with Crippen LogP contribution < -0.4 is 9.54 Å². The SMILES string of the molecule is CCCCn1c(-c2ccc(C)cc2)csc1=Nc1ccc(OCC)cc1. The van der Waals surface area contributed by atoms with E-state index in [1.54, 1.807) is 11.3 Å². The molecule has 3 nitrogen and oxygen atoms in total. The predicted octanol–water partition coefficient (Wildman–Crippen LogP) is 5.96. The van der Waals surface area contributed by atoms with Crippen LogP contribution in [0.3, 0.4) is 0 Å². The van der Waals surface area contributed by atoms with Gasteiger partial charge in [-0.2, -0.15) is 0 Å². The highest BCUT2D eigenvalue weighted by Crippen LogP contribution is 2.23. The maximum atomic E-state index is 5.52. The summed E-state index contributed by atoms with van der Waals surface area (Å²) in [7, 11) is 0. The van der Waals surface area contributed by atoms with Gasteiger partial charge >= 0.3 is 0 Å². The Kier molecular flexibility index (Phi) is 6.29. The number of aromatic nitrogens is 1. The normalized spacial score (nSPS) is 11.7. The molecule has 0 N–H and O–H groups in total. The molecule has 3 aromatic rings. The van der Waals surface area contributed by atoms with Crippen molar-refractivity contribution in [2.75, 3.05) is 6.61 Å². The second-order valence-electron chi connectivity index (χ2n) is 6.31. The van der Waals surface area contributed by atoms with Gasteiger partial charge in [-0.05, 0) is 50.1 Å². The minimum absolute atomic E-state index is 0.679. The van der Waals surface area contributed by atoms with E-state index in [4.69, 9.17) is 9.73 Å². The highest BCUT2D eigenvalue weighted by atomic mass is 32.1. The van der Waals surface area contributed by atoms with E-state index in [0.717, 1.165) is 29.2 Å². The largest absolute Gasteiger partial charge is 0.494 e. The van der Waals surface area contributed by atoms with Gasteiger partial charge in [-0.25, -0.2) is 4.99 Å². The van der Waals surface area contributed by atoms with E-state index in [2.05, 4.69) is 48.1 Å². The molecule has 0 radical (unpaired) electrons. The van der Waals surface area contributed by atoms with Crippen molar-refractivity contribution in [3.8, 4) is 17.0 Å². The smallest absolute Gasteiger partial charge is 0.190 e. The summed E-state index contributed by atoms with van der Waals surface area (Å²) in [5.41, 5.74) is 4.73. The van der Waals surface area contributed by atoms with Crippen LogP contribution in [0.25, 0.3) is 11.3 Å². The van der Waals surface area contributed by atoms with Gasteiger partial charge < -0.3 is 9.30 Å². The number of ether oxygens (including phenoxy) is 1. The van der Waals surface area contributed by atoms with Crippen LogP contribution in [0.2, 0.25) is 0 Å². The molecule has 4 heteroatoms. The second-order valence-corrected chi connectivity index (χ2v) is 7.15. The molecule has 0 aliphatic carbocycles. The van der Waals surface area contributed by atoms with Crippen LogP contribution in [0.5, 0.6) is 5.75 Å². The van der Waals surface area contributed by atoms with Crippen molar-refractivity contribution in [3.05, 3.63) is 64.3 Å². The fraction of sp³-hybridized carbons (Fsp3) is 0.318. The van der Waals surface area contributed by atoms with E-state index < -0.39 is 0 Å². The predicted molar refractivity (Wildman–Crippen MR) is 110 cm³/mol. The summed E-state index contributed by atoms with van der Waals surface area (Å²) in [5.74, 6) is 0.886. The summed E-state index contributed by atoms with van der Waals surface area (Å²) < 4.78 is 7.86. The molecule has 136 valence electrons. The first-order valence-electron chi connectivity index (χ1n) is 9.24. The van der Waals surface area contributed by atoms with Gasteiger partial charge in [0.2, 0.25) is 0 Å². The lowest BCUT2D eigenvalue weighted by Gasteiger charge is -2.09. The number of nitrogens with zero attached hydrogens (tertiary/aromatic N) is 2. The zero-order chi connectivity index (χ0) is 18.4. The number of thiazole rings is 1. The molecule has 1 heterocycles. The fourth-order valence-corrected chi connectivity index (χ4v) is 3.76. The molecular formula is C22H26N2OS. The van der Waals surface area contributed by atoms with Crippen molar-refractivity contribution >= 4 is 17.0 Å². The van der Waals surface area contributed by atoms with Gasteiger partial charge in [0.05, 0.1) is 18.0 Å². The lowest BCUT2D eigenvalue weighted by molar-refractivity contribution is 0.340. The molecule has 0 spiro atoms. The Labute approximate surface area is 159 Å². The molecule has 0 unspecified atom stereocenters. The van der Waals surface area contributed by atoms with Gasteiger partial charge in [-0.1, -0.05) is 43.2 Å². The van der Waals surface area contributed by atoms with Gasteiger partial charge in [0.15, 0.2) is 4.80 Å². The number of benzene rings is 2. The number of unbranched alkanes of at least 4 members (excludes halogenated alkanes) is 1. The average molecular weight is 367 g/mol. The molecule has 0 saturated heterocycles. The molecule has 3 rings (SSSR count). The first-order chi connectivity index (χ1) is 12.7. The summed E-state index contributed by atoms with van der Waals surface area (Å²) in [6.07, 6.45) is 2.31. The Balaban J connectivity index is 1.99. The Hall–Kier alpha value is -2.33. The molecule has 26 heavy (non-hydrogen) atoms. The molecule has 0 saturated carbocycles. The summed E-state index contributed by atoms with van der Waals surface area (Å²) >= 11 is 1.70. The van der Waals surface area contributed by atoms with Crippen LogP contribution >= 0.6 is 11.3 Å². The highest BCUT2D eigenvalue weighted by molar-refractivity contribution is 7.07. The van der Waals surface area contributed by atoms with Gasteiger partial charge in [0, 0.05) is 11.9 Å². The van der Waals surface area contributed by atoms with Crippen molar-refractivity contribution in [2.24, 2.45) is 4.99 Å². The third-order valence-electron chi connectivity index (χ3n) is 4.25. The van der Waals surface area contributed by atoms with Gasteiger partial charge in [0.25, 0.3) is 0 Å². The first-order valence-corrected chi connectivity index (χ1v) is 10.1. The number of rotatable bonds is 7. The van der Waals surface area contributed by atoms with Crippen molar-refractivity contribution < 1.29 is 4.74 Å². The molecular weight excluding hydrogens is 340 g/mol. The molecule has 1 aromatic heterocycles. The maximum Gasteiger partial charge on any atom is 0.190 e. The van der Waals surface area contributed by atoms with Crippen LogP contribution in [-0.2, 0) is 6.54 Å². The van der Waals surface area contributed by atoms with E-state index >= 15 is 0 Å². The highest BCUT2D eigenvalue weighted by Gasteiger charge is 2.08. The third-order valence-corrected chi connectivity index (χ3v) is 5.12. The van der Waals surface area contributed by atoms with E-state index in [0.29, 0.717) is 6.61 Å². The van der Waals surface area contributed by atoms with Gasteiger partial charge in [0.1, 0.15) is 5.75 Å². The standard InChI is InChI=1S/C22H26N2OS/c1-4-6-15-24-21(18-9-7-17(3)8-10-18)16-26-22(24)23-19-11-13-20(14-12-19)25-5-2/h7-14,16H,4-6,15H2,1-3H3.